The van der Waals surface area contributed by atoms with Crippen molar-refractivity contribution in [2.45, 2.75) is 59.3 Å². The van der Waals surface area contributed by atoms with Gasteiger partial charge in [-0.1, -0.05) is 20.3 Å². The Kier molecular flexibility index (Phi) is 7.00. The first-order valence-corrected chi connectivity index (χ1v) is 9.46. The summed E-state index contributed by atoms with van der Waals surface area (Å²) in [6, 6.07) is 0. The highest BCUT2D eigenvalue weighted by Gasteiger charge is 2.34. The largest absolute Gasteiger partial charge is 0.357 e. The van der Waals surface area contributed by atoms with E-state index in [1.807, 2.05) is 0 Å². The van der Waals surface area contributed by atoms with Crippen molar-refractivity contribution in [3.05, 3.63) is 0 Å². The first-order chi connectivity index (χ1) is 10.7. The van der Waals surface area contributed by atoms with Crippen LogP contribution in [0.15, 0.2) is 4.99 Å². The van der Waals surface area contributed by atoms with Crippen molar-refractivity contribution in [3.8, 4) is 0 Å². The predicted molar refractivity (Wildman–Crippen MR) is 95.4 cm³/mol. The molecule has 0 aromatic carbocycles. The molecule has 128 valence electrons. The second-order valence-electron chi connectivity index (χ2n) is 7.18. The molecule has 0 bridgehead atoms. The maximum atomic E-state index is 4.88. The third-order valence-corrected chi connectivity index (χ3v) is 5.69. The normalized spacial score (nSPS) is 25.6. The number of hydrogen-bond donors (Lipinski definition) is 2. The Morgan fingerprint density at radius 3 is 2.59 bits per heavy atom. The van der Waals surface area contributed by atoms with Crippen LogP contribution < -0.4 is 10.6 Å². The molecule has 2 fully saturated rings. The van der Waals surface area contributed by atoms with E-state index in [1.165, 1.54) is 58.2 Å². The zero-order valence-corrected chi connectivity index (χ0v) is 15.0. The molecule has 22 heavy (non-hydrogen) atoms. The van der Waals surface area contributed by atoms with Crippen LogP contribution in [0.3, 0.4) is 0 Å². The Hall–Kier alpha value is -0.770. The van der Waals surface area contributed by atoms with Gasteiger partial charge in [0, 0.05) is 26.2 Å². The number of likely N-dealkylation sites (tertiary alicyclic amines) is 1. The third-order valence-electron chi connectivity index (χ3n) is 5.69. The Morgan fingerprint density at radius 2 is 2.00 bits per heavy atom. The van der Waals surface area contributed by atoms with Gasteiger partial charge in [-0.15, -0.1) is 0 Å². The summed E-state index contributed by atoms with van der Waals surface area (Å²) in [6.07, 6.45) is 8.07. The van der Waals surface area contributed by atoms with E-state index < -0.39 is 0 Å². The Labute approximate surface area is 137 Å². The van der Waals surface area contributed by atoms with Crippen molar-refractivity contribution >= 4 is 5.96 Å². The van der Waals surface area contributed by atoms with Crippen molar-refractivity contribution in [1.82, 2.24) is 15.5 Å². The van der Waals surface area contributed by atoms with Crippen LogP contribution in [0.25, 0.3) is 0 Å². The molecule has 1 heterocycles. The van der Waals surface area contributed by atoms with Crippen LogP contribution in [-0.2, 0) is 0 Å². The summed E-state index contributed by atoms with van der Waals surface area (Å²) >= 11 is 0. The quantitative estimate of drug-likeness (QED) is 0.561. The molecule has 1 saturated carbocycles. The van der Waals surface area contributed by atoms with Gasteiger partial charge >= 0.3 is 0 Å². The average Bonchev–Trinajstić information content (AvgIpc) is 2.52. The molecule has 0 aromatic heterocycles. The van der Waals surface area contributed by atoms with E-state index in [-0.39, 0.29) is 0 Å². The number of hydrogen-bond acceptors (Lipinski definition) is 2. The predicted octanol–water partition coefficient (Wildman–Crippen LogP) is 2.85. The van der Waals surface area contributed by atoms with Gasteiger partial charge in [0.1, 0.15) is 0 Å². The highest BCUT2D eigenvalue weighted by atomic mass is 15.2. The lowest BCUT2D eigenvalue weighted by Gasteiger charge is -2.40. The third kappa shape index (κ3) is 4.87. The van der Waals surface area contributed by atoms with Crippen molar-refractivity contribution in [2.24, 2.45) is 16.3 Å². The summed E-state index contributed by atoms with van der Waals surface area (Å²) in [5, 5.41) is 7.01. The Balaban J connectivity index is 1.80. The summed E-state index contributed by atoms with van der Waals surface area (Å²) in [5.74, 6) is 1.79. The first kappa shape index (κ1) is 17.6. The lowest BCUT2D eigenvalue weighted by atomic mass is 9.67. The van der Waals surface area contributed by atoms with Crippen molar-refractivity contribution in [3.63, 3.8) is 0 Å². The second kappa shape index (κ2) is 8.76. The molecule has 0 spiro atoms. The first-order valence-electron chi connectivity index (χ1n) is 9.46. The summed E-state index contributed by atoms with van der Waals surface area (Å²) in [6.45, 7) is 13.4. The molecule has 1 atom stereocenters. The van der Waals surface area contributed by atoms with Crippen LogP contribution in [-0.4, -0.2) is 50.1 Å². The molecule has 2 rings (SSSR count). The SMILES string of the molecule is CCNC(=NCC1(CC)CCC1)NCC1CCCN(CC)C1. The molecule has 1 saturated heterocycles. The maximum absolute atomic E-state index is 4.88. The molecule has 1 aliphatic heterocycles. The molecule has 0 radical (unpaired) electrons. The van der Waals surface area contributed by atoms with Crippen LogP contribution in [0.2, 0.25) is 0 Å². The van der Waals surface area contributed by atoms with Gasteiger partial charge in [0.05, 0.1) is 0 Å². The molecule has 1 aliphatic carbocycles. The zero-order valence-electron chi connectivity index (χ0n) is 15.0. The van der Waals surface area contributed by atoms with Gasteiger partial charge in [-0.3, -0.25) is 4.99 Å². The number of nitrogens with zero attached hydrogens (tertiary/aromatic N) is 2. The molecule has 0 aromatic rings. The average molecular weight is 309 g/mol. The molecule has 4 nitrogen and oxygen atoms in total. The monoisotopic (exact) mass is 308 g/mol. The number of guanidine groups is 1. The topological polar surface area (TPSA) is 39.7 Å². The molecule has 1 unspecified atom stereocenters. The van der Waals surface area contributed by atoms with E-state index in [4.69, 9.17) is 4.99 Å². The maximum Gasteiger partial charge on any atom is 0.191 e. The number of nitrogens with one attached hydrogen (secondary N) is 2. The molecule has 0 amide bonds. The van der Waals surface area contributed by atoms with E-state index in [0.717, 1.165) is 31.5 Å². The van der Waals surface area contributed by atoms with E-state index in [1.54, 1.807) is 0 Å². The Bertz CT molecular complexity index is 343. The molecular weight excluding hydrogens is 272 g/mol. The number of rotatable bonds is 7. The summed E-state index contributed by atoms with van der Waals surface area (Å²) in [4.78, 5) is 7.45. The van der Waals surface area contributed by atoms with Gasteiger partial charge in [-0.05, 0) is 63.5 Å². The fourth-order valence-electron chi connectivity index (χ4n) is 3.73. The van der Waals surface area contributed by atoms with Gasteiger partial charge in [-0.25, -0.2) is 0 Å². The summed E-state index contributed by atoms with van der Waals surface area (Å²) < 4.78 is 0. The molecule has 2 N–H and O–H groups in total. The fourth-order valence-corrected chi connectivity index (χ4v) is 3.73. The van der Waals surface area contributed by atoms with E-state index in [2.05, 4.69) is 36.3 Å². The fraction of sp³-hybridized carbons (Fsp3) is 0.944. The van der Waals surface area contributed by atoms with E-state index in [9.17, 15) is 0 Å². The zero-order chi connectivity index (χ0) is 15.8. The molecule has 4 heteroatoms. The van der Waals surface area contributed by atoms with Gasteiger partial charge in [0.25, 0.3) is 0 Å². The summed E-state index contributed by atoms with van der Waals surface area (Å²) in [7, 11) is 0. The van der Waals surface area contributed by atoms with Crippen LogP contribution in [0, 0.1) is 11.3 Å². The molecule has 2 aliphatic rings. The van der Waals surface area contributed by atoms with Gasteiger partial charge in [-0.2, -0.15) is 0 Å². The minimum absolute atomic E-state index is 0.506. The van der Waals surface area contributed by atoms with Crippen molar-refractivity contribution in [1.29, 1.82) is 0 Å². The lowest BCUT2D eigenvalue weighted by molar-refractivity contribution is 0.139. The van der Waals surface area contributed by atoms with Crippen LogP contribution in [0.1, 0.15) is 59.3 Å². The standard InChI is InChI=1S/C18H36N4/c1-4-18(10-8-11-18)15-21-17(19-5-2)20-13-16-9-7-12-22(6-3)14-16/h16H,4-15H2,1-3H3,(H2,19,20,21). The smallest absolute Gasteiger partial charge is 0.191 e. The lowest BCUT2D eigenvalue weighted by Crippen LogP contribution is -2.45. The van der Waals surface area contributed by atoms with Crippen molar-refractivity contribution in [2.75, 3.05) is 39.3 Å². The van der Waals surface area contributed by atoms with Gasteiger partial charge in [0.2, 0.25) is 0 Å². The van der Waals surface area contributed by atoms with Crippen LogP contribution in [0.5, 0.6) is 0 Å². The minimum Gasteiger partial charge on any atom is -0.357 e. The van der Waals surface area contributed by atoms with Gasteiger partial charge < -0.3 is 15.5 Å². The van der Waals surface area contributed by atoms with E-state index >= 15 is 0 Å². The number of aliphatic imine (C=N–C) groups is 1. The second-order valence-corrected chi connectivity index (χ2v) is 7.18. The van der Waals surface area contributed by atoms with Crippen LogP contribution >= 0.6 is 0 Å². The van der Waals surface area contributed by atoms with Crippen molar-refractivity contribution < 1.29 is 0 Å². The highest BCUT2D eigenvalue weighted by Crippen LogP contribution is 2.43. The Morgan fingerprint density at radius 1 is 1.18 bits per heavy atom. The number of piperidine rings is 1. The van der Waals surface area contributed by atoms with Gasteiger partial charge in [0.15, 0.2) is 5.96 Å². The molecular formula is C18H36N4. The van der Waals surface area contributed by atoms with Crippen LogP contribution in [0.4, 0.5) is 0 Å². The van der Waals surface area contributed by atoms with E-state index in [0.29, 0.717) is 5.41 Å². The summed E-state index contributed by atoms with van der Waals surface area (Å²) in [5.41, 5.74) is 0.506. The highest BCUT2D eigenvalue weighted by molar-refractivity contribution is 5.79. The minimum atomic E-state index is 0.506.